The normalized spacial score (nSPS) is 10.6. The van der Waals surface area contributed by atoms with Gasteiger partial charge in [-0.2, -0.15) is 0 Å². The molecule has 9 heteroatoms. The van der Waals surface area contributed by atoms with Gasteiger partial charge in [-0.3, -0.25) is 4.79 Å². The summed E-state index contributed by atoms with van der Waals surface area (Å²) < 4.78 is 15.7. The lowest BCUT2D eigenvalue weighted by Gasteiger charge is -2.06. The highest BCUT2D eigenvalue weighted by Crippen LogP contribution is 2.20. The molecule has 0 aliphatic heterocycles. The number of hydrogen-bond donors (Lipinski definition) is 1. The number of aromatic nitrogens is 4. The van der Waals surface area contributed by atoms with E-state index in [-0.39, 0.29) is 18.0 Å². The summed E-state index contributed by atoms with van der Waals surface area (Å²) in [5, 5.41) is 14.1. The Morgan fingerprint density at radius 2 is 2.35 bits per heavy atom. The van der Waals surface area contributed by atoms with Crippen molar-refractivity contribution in [3.63, 3.8) is 0 Å². The lowest BCUT2D eigenvalue weighted by molar-refractivity contribution is -0.115. The number of nitrogens with one attached hydrogen (secondary N) is 1. The summed E-state index contributed by atoms with van der Waals surface area (Å²) in [5.41, 5.74) is 0.170. The number of thioether (sulfide) groups is 1. The molecule has 1 aromatic carbocycles. The number of tetrazole rings is 1. The Morgan fingerprint density at radius 3 is 3.00 bits per heavy atom. The summed E-state index contributed by atoms with van der Waals surface area (Å²) in [6.07, 6.45) is 0.243. The zero-order valence-corrected chi connectivity index (χ0v) is 12.9. The Labute approximate surface area is 127 Å². The van der Waals surface area contributed by atoms with Gasteiger partial charge in [0.05, 0.1) is 5.69 Å². The molecule has 0 saturated heterocycles. The molecule has 0 saturated carbocycles. The van der Waals surface area contributed by atoms with Crippen LogP contribution >= 0.6 is 27.7 Å². The first kappa shape index (κ1) is 14.9. The highest BCUT2D eigenvalue weighted by atomic mass is 79.9. The van der Waals surface area contributed by atoms with Crippen LogP contribution in [-0.4, -0.2) is 31.9 Å². The molecule has 1 N–H and O–H groups in total. The van der Waals surface area contributed by atoms with Crippen LogP contribution in [0.15, 0.2) is 27.8 Å². The fraction of sp³-hybridized carbons (Fsp3) is 0.273. The number of carbonyl (C=O) groups is 1. The number of rotatable bonds is 5. The summed E-state index contributed by atoms with van der Waals surface area (Å²) in [6.45, 7) is 0. The first-order chi connectivity index (χ1) is 9.56. The first-order valence-corrected chi connectivity index (χ1v) is 7.44. The molecule has 0 unspecified atom stereocenters. The zero-order chi connectivity index (χ0) is 14.5. The average Bonchev–Trinajstić information content (AvgIpc) is 2.79. The smallest absolute Gasteiger partial charge is 0.225 e. The van der Waals surface area contributed by atoms with E-state index in [0.29, 0.717) is 15.4 Å². The number of anilines is 1. The quantitative estimate of drug-likeness (QED) is 0.828. The summed E-state index contributed by atoms with van der Waals surface area (Å²) in [4.78, 5) is 11.7. The van der Waals surface area contributed by atoms with Crippen molar-refractivity contribution >= 4 is 39.3 Å². The Bertz CT molecular complexity index is 621. The molecule has 0 radical (unpaired) electrons. The lowest BCUT2D eigenvalue weighted by atomic mass is 10.3. The standard InChI is InChI=1S/C11H11BrFN5OS/c1-18-11(15-16-17-18)20-5-4-10(19)14-9-3-2-7(12)6-8(9)13/h2-3,6H,4-5H2,1H3,(H,14,19). The number of benzene rings is 1. The first-order valence-electron chi connectivity index (χ1n) is 5.66. The molecular formula is C11H11BrFN5OS. The Kier molecular flexibility index (Phi) is 5.07. The molecule has 0 aliphatic rings. The van der Waals surface area contributed by atoms with E-state index in [4.69, 9.17) is 0 Å². The number of hydrogen-bond acceptors (Lipinski definition) is 5. The predicted octanol–water partition coefficient (Wildman–Crippen LogP) is 2.23. The Morgan fingerprint density at radius 1 is 1.55 bits per heavy atom. The topological polar surface area (TPSA) is 72.7 Å². The number of halogens is 2. The largest absolute Gasteiger partial charge is 0.324 e. The van der Waals surface area contributed by atoms with Gasteiger partial charge < -0.3 is 5.32 Å². The van der Waals surface area contributed by atoms with Crippen molar-refractivity contribution in [3.05, 3.63) is 28.5 Å². The number of amides is 1. The van der Waals surface area contributed by atoms with Crippen LogP contribution in [0.3, 0.4) is 0 Å². The Balaban J connectivity index is 1.82. The van der Waals surface area contributed by atoms with Crippen LogP contribution < -0.4 is 5.32 Å². The van der Waals surface area contributed by atoms with Crippen molar-refractivity contribution in [2.75, 3.05) is 11.1 Å². The number of carbonyl (C=O) groups excluding carboxylic acids is 1. The molecule has 0 spiro atoms. The molecule has 0 bridgehead atoms. The van der Waals surface area contributed by atoms with Crippen molar-refractivity contribution in [2.24, 2.45) is 7.05 Å². The highest BCUT2D eigenvalue weighted by Gasteiger charge is 2.09. The fourth-order valence-corrected chi connectivity index (χ4v) is 2.50. The maximum Gasteiger partial charge on any atom is 0.225 e. The van der Waals surface area contributed by atoms with Crippen molar-refractivity contribution < 1.29 is 9.18 Å². The second-order valence-corrected chi connectivity index (χ2v) is 5.83. The van der Waals surface area contributed by atoms with Crippen LogP contribution in [0, 0.1) is 5.82 Å². The second kappa shape index (κ2) is 6.80. The van der Waals surface area contributed by atoms with Crippen molar-refractivity contribution in [3.8, 4) is 0 Å². The highest BCUT2D eigenvalue weighted by molar-refractivity contribution is 9.10. The van der Waals surface area contributed by atoms with Crippen LogP contribution in [0.4, 0.5) is 10.1 Å². The van der Waals surface area contributed by atoms with Crippen molar-refractivity contribution in [1.82, 2.24) is 20.2 Å². The van der Waals surface area contributed by atoms with Crippen LogP contribution in [-0.2, 0) is 11.8 Å². The summed E-state index contributed by atoms with van der Waals surface area (Å²) in [6, 6.07) is 4.48. The van der Waals surface area contributed by atoms with Crippen LogP contribution in [0.5, 0.6) is 0 Å². The van der Waals surface area contributed by atoms with E-state index in [0.717, 1.165) is 0 Å². The third-order valence-electron chi connectivity index (χ3n) is 2.35. The molecule has 1 heterocycles. The van der Waals surface area contributed by atoms with Crippen LogP contribution in [0.1, 0.15) is 6.42 Å². The third-order valence-corrected chi connectivity index (χ3v) is 3.85. The minimum Gasteiger partial charge on any atom is -0.324 e. The van der Waals surface area contributed by atoms with Gasteiger partial charge in [0.25, 0.3) is 0 Å². The van der Waals surface area contributed by atoms with Gasteiger partial charge in [0, 0.05) is 23.7 Å². The van der Waals surface area contributed by atoms with Gasteiger partial charge in [-0.25, -0.2) is 9.07 Å². The van der Waals surface area contributed by atoms with Gasteiger partial charge >= 0.3 is 0 Å². The van der Waals surface area contributed by atoms with Gasteiger partial charge in [0.1, 0.15) is 5.82 Å². The molecule has 2 aromatic rings. The molecule has 2 rings (SSSR count). The lowest BCUT2D eigenvalue weighted by Crippen LogP contribution is -2.13. The molecule has 6 nitrogen and oxygen atoms in total. The second-order valence-electron chi connectivity index (χ2n) is 3.86. The summed E-state index contributed by atoms with van der Waals surface area (Å²) in [5.74, 6) is -0.218. The van der Waals surface area contributed by atoms with Gasteiger partial charge in [-0.05, 0) is 28.6 Å². The molecule has 106 valence electrons. The Hall–Kier alpha value is -1.48. The SMILES string of the molecule is Cn1nnnc1SCCC(=O)Nc1ccc(Br)cc1F. The summed E-state index contributed by atoms with van der Waals surface area (Å²) >= 11 is 4.52. The van der Waals surface area contributed by atoms with Gasteiger partial charge in [-0.1, -0.05) is 27.7 Å². The van der Waals surface area contributed by atoms with E-state index >= 15 is 0 Å². The van der Waals surface area contributed by atoms with Gasteiger partial charge in [0.15, 0.2) is 0 Å². The maximum atomic E-state index is 13.5. The molecule has 0 atom stereocenters. The molecule has 1 aromatic heterocycles. The number of nitrogens with zero attached hydrogens (tertiary/aromatic N) is 4. The van der Waals surface area contributed by atoms with E-state index in [1.54, 1.807) is 13.1 Å². The third kappa shape index (κ3) is 4.01. The van der Waals surface area contributed by atoms with Crippen molar-refractivity contribution in [1.29, 1.82) is 0 Å². The average molecular weight is 360 g/mol. The monoisotopic (exact) mass is 359 g/mol. The van der Waals surface area contributed by atoms with E-state index < -0.39 is 5.82 Å². The zero-order valence-electron chi connectivity index (χ0n) is 10.5. The summed E-state index contributed by atoms with van der Waals surface area (Å²) in [7, 11) is 1.72. The van der Waals surface area contributed by atoms with Gasteiger partial charge in [-0.15, -0.1) is 5.10 Å². The molecule has 20 heavy (non-hydrogen) atoms. The number of aryl methyl sites for hydroxylation is 1. The van der Waals surface area contributed by atoms with Crippen molar-refractivity contribution in [2.45, 2.75) is 11.6 Å². The predicted molar refractivity (Wildman–Crippen MR) is 76.9 cm³/mol. The fourth-order valence-electron chi connectivity index (χ4n) is 1.38. The van der Waals surface area contributed by atoms with E-state index in [1.165, 1.54) is 28.6 Å². The molecule has 0 fully saturated rings. The van der Waals surface area contributed by atoms with Gasteiger partial charge in [0.2, 0.25) is 11.1 Å². The molecule has 1 amide bonds. The minimum absolute atomic E-state index is 0.170. The minimum atomic E-state index is -0.474. The van der Waals surface area contributed by atoms with Crippen LogP contribution in [0.2, 0.25) is 0 Å². The van der Waals surface area contributed by atoms with E-state index in [9.17, 15) is 9.18 Å². The molecule has 0 aliphatic carbocycles. The maximum absolute atomic E-state index is 13.5. The van der Waals surface area contributed by atoms with E-state index in [1.807, 2.05) is 0 Å². The van der Waals surface area contributed by atoms with Crippen LogP contribution in [0.25, 0.3) is 0 Å². The molecular weight excluding hydrogens is 349 g/mol. The van der Waals surface area contributed by atoms with E-state index in [2.05, 4.69) is 36.8 Å².